The summed E-state index contributed by atoms with van der Waals surface area (Å²) in [7, 11) is 0. The molecule has 3 aromatic rings. The van der Waals surface area contributed by atoms with E-state index in [0.717, 1.165) is 27.2 Å². The number of nitrogens with zero attached hydrogens (tertiary/aromatic N) is 1. The summed E-state index contributed by atoms with van der Waals surface area (Å²) in [5.41, 5.74) is 3.98. The number of carboxylic acids is 1. The van der Waals surface area contributed by atoms with Crippen molar-refractivity contribution in [2.75, 3.05) is 11.9 Å². The first-order chi connectivity index (χ1) is 16.8. The van der Waals surface area contributed by atoms with Crippen molar-refractivity contribution < 1.29 is 24.3 Å². The lowest BCUT2D eigenvalue weighted by Gasteiger charge is -2.51. The van der Waals surface area contributed by atoms with Crippen LogP contribution in [0.3, 0.4) is 0 Å². The number of halogens is 1. The van der Waals surface area contributed by atoms with Crippen LogP contribution >= 0.6 is 15.9 Å². The van der Waals surface area contributed by atoms with Crippen LogP contribution in [0.1, 0.15) is 38.5 Å². The van der Waals surface area contributed by atoms with Gasteiger partial charge in [0, 0.05) is 5.92 Å². The normalized spacial score (nSPS) is 25.6. The topological polar surface area (TPSA) is 104 Å². The van der Waals surface area contributed by atoms with Gasteiger partial charge in [0.05, 0.1) is 27.4 Å². The van der Waals surface area contributed by atoms with Crippen molar-refractivity contribution in [3.05, 3.63) is 101 Å². The van der Waals surface area contributed by atoms with Crippen LogP contribution in [-0.4, -0.2) is 40.2 Å². The van der Waals surface area contributed by atoms with Gasteiger partial charge >= 0.3 is 5.97 Å². The third-order valence-corrected chi connectivity index (χ3v) is 8.69. The average molecular weight is 531 g/mol. The number of carboxylic acid groups (broad SMARTS) is 1. The quantitative estimate of drug-likeness (QED) is 0.395. The van der Waals surface area contributed by atoms with Crippen LogP contribution in [-0.2, 0) is 18.7 Å². The molecule has 2 bridgehead atoms. The van der Waals surface area contributed by atoms with Gasteiger partial charge in [0.25, 0.3) is 0 Å². The number of hydrogen-bond donors (Lipinski definition) is 2. The molecule has 0 spiro atoms. The number of amides is 3. The minimum Gasteiger partial charge on any atom is -0.478 e. The Labute approximate surface area is 208 Å². The second-order valence-electron chi connectivity index (χ2n) is 9.03. The zero-order valence-corrected chi connectivity index (χ0v) is 19.9. The molecule has 1 fully saturated rings. The summed E-state index contributed by atoms with van der Waals surface area (Å²) < 4.78 is -0.881. The van der Waals surface area contributed by atoms with Gasteiger partial charge in [-0.15, -0.1) is 0 Å². The lowest BCUT2D eigenvalue weighted by Crippen LogP contribution is -2.50. The Morgan fingerprint density at radius 3 is 2.09 bits per heavy atom. The molecule has 174 valence electrons. The van der Waals surface area contributed by atoms with Crippen molar-refractivity contribution in [3.63, 3.8) is 0 Å². The highest BCUT2D eigenvalue weighted by atomic mass is 79.9. The van der Waals surface area contributed by atoms with Gasteiger partial charge in [-0.3, -0.25) is 19.3 Å². The molecule has 3 aromatic carbocycles. The molecule has 35 heavy (non-hydrogen) atoms. The van der Waals surface area contributed by atoms with Crippen molar-refractivity contribution in [1.29, 1.82) is 0 Å². The highest BCUT2D eigenvalue weighted by Gasteiger charge is 2.67. The predicted octanol–water partition coefficient (Wildman–Crippen LogP) is 3.72. The predicted molar refractivity (Wildman–Crippen MR) is 130 cm³/mol. The molecule has 0 radical (unpaired) electrons. The van der Waals surface area contributed by atoms with Crippen molar-refractivity contribution in [3.8, 4) is 0 Å². The van der Waals surface area contributed by atoms with Gasteiger partial charge in [-0.25, -0.2) is 4.79 Å². The number of rotatable bonds is 4. The van der Waals surface area contributed by atoms with E-state index >= 15 is 0 Å². The Balaban J connectivity index is 1.37. The molecule has 3 amide bonds. The van der Waals surface area contributed by atoms with E-state index in [1.165, 1.54) is 12.1 Å². The number of alkyl halides is 1. The Morgan fingerprint density at radius 1 is 0.886 bits per heavy atom. The number of hydrogen-bond acceptors (Lipinski definition) is 4. The Morgan fingerprint density at radius 2 is 1.46 bits per heavy atom. The largest absolute Gasteiger partial charge is 0.478 e. The summed E-state index contributed by atoms with van der Waals surface area (Å²) >= 11 is 3.91. The molecule has 4 aliphatic rings. The minimum atomic E-state index is -1.19. The van der Waals surface area contributed by atoms with Crippen LogP contribution in [0.5, 0.6) is 0 Å². The number of aromatic carboxylic acids is 1. The summed E-state index contributed by atoms with van der Waals surface area (Å²) in [5, 5.41) is 11.9. The maximum atomic E-state index is 13.7. The monoisotopic (exact) mass is 530 g/mol. The van der Waals surface area contributed by atoms with Gasteiger partial charge < -0.3 is 10.4 Å². The maximum absolute atomic E-state index is 13.7. The molecule has 2 atom stereocenters. The molecular formula is C27H19BrN2O5. The van der Waals surface area contributed by atoms with Crippen molar-refractivity contribution in [1.82, 2.24) is 4.90 Å². The second kappa shape index (κ2) is 7.61. The molecule has 2 N–H and O–H groups in total. The van der Waals surface area contributed by atoms with E-state index < -0.39 is 40.5 Å². The van der Waals surface area contributed by atoms with E-state index in [1.807, 2.05) is 48.5 Å². The highest BCUT2D eigenvalue weighted by Crippen LogP contribution is 2.66. The zero-order chi connectivity index (χ0) is 24.5. The smallest absolute Gasteiger partial charge is 0.337 e. The van der Waals surface area contributed by atoms with E-state index in [-0.39, 0.29) is 23.1 Å². The second-order valence-corrected chi connectivity index (χ2v) is 10.3. The van der Waals surface area contributed by atoms with Gasteiger partial charge in [-0.1, -0.05) is 76.6 Å². The zero-order valence-electron chi connectivity index (χ0n) is 18.3. The molecule has 8 heteroatoms. The number of anilines is 1. The fraction of sp³-hybridized carbons (Fsp3) is 0.185. The molecule has 0 aromatic heterocycles. The summed E-state index contributed by atoms with van der Waals surface area (Å²) in [6.45, 7) is -0.485. The number of nitrogens with one attached hydrogen (secondary N) is 1. The highest BCUT2D eigenvalue weighted by molar-refractivity contribution is 9.09. The van der Waals surface area contributed by atoms with Crippen LogP contribution in [0.4, 0.5) is 5.69 Å². The maximum Gasteiger partial charge on any atom is 0.337 e. The average Bonchev–Trinajstić information content (AvgIpc) is 3.11. The fourth-order valence-electron chi connectivity index (χ4n) is 6.01. The van der Waals surface area contributed by atoms with E-state index in [0.29, 0.717) is 0 Å². The van der Waals surface area contributed by atoms with Crippen LogP contribution < -0.4 is 5.32 Å². The molecule has 1 heterocycles. The minimum absolute atomic E-state index is 0.0723. The van der Waals surface area contributed by atoms with Crippen LogP contribution in [0, 0.1) is 11.8 Å². The molecule has 1 aliphatic heterocycles. The van der Waals surface area contributed by atoms with Crippen LogP contribution in [0.2, 0.25) is 0 Å². The van der Waals surface area contributed by atoms with E-state index in [9.17, 15) is 24.3 Å². The van der Waals surface area contributed by atoms with E-state index in [4.69, 9.17) is 0 Å². The summed E-state index contributed by atoms with van der Waals surface area (Å²) in [6.07, 6.45) is 0. The molecule has 0 unspecified atom stereocenters. The summed E-state index contributed by atoms with van der Waals surface area (Å²) in [5.74, 6) is -4.23. The van der Waals surface area contributed by atoms with E-state index in [1.54, 1.807) is 12.1 Å². The lowest BCUT2D eigenvalue weighted by molar-refractivity contribution is -0.142. The van der Waals surface area contributed by atoms with Gasteiger partial charge in [0.15, 0.2) is 0 Å². The third kappa shape index (κ3) is 2.89. The van der Waals surface area contributed by atoms with Crippen molar-refractivity contribution in [2.24, 2.45) is 11.8 Å². The number of carbonyl (C=O) groups is 4. The number of para-hydroxylation sites is 1. The summed E-state index contributed by atoms with van der Waals surface area (Å²) in [4.78, 5) is 52.8. The third-order valence-electron chi connectivity index (χ3n) is 7.34. The van der Waals surface area contributed by atoms with Crippen molar-refractivity contribution >= 4 is 45.3 Å². The first-order valence-corrected chi connectivity index (χ1v) is 12.0. The van der Waals surface area contributed by atoms with Crippen LogP contribution in [0.25, 0.3) is 0 Å². The number of imide groups is 1. The number of likely N-dealkylation sites (tertiary alicyclic amines) is 1. The standard InChI is InChI=1S/C27H19BrN2O5/c28-27-17-10-4-1-7-14(17)21(15-8-2-5-11-18(15)27)22-23(27)25(33)30(24(22)32)13-20(31)29-19-12-6-3-9-16(19)26(34)35/h1-12,21-23H,13H2,(H,29,31)(H,34,35)/t21?,22-,23-,27?/m0/s1. The Bertz CT molecular complexity index is 1400. The van der Waals surface area contributed by atoms with Crippen LogP contribution in [0.15, 0.2) is 72.8 Å². The molecular weight excluding hydrogens is 512 g/mol. The van der Waals surface area contributed by atoms with Gasteiger partial charge in [-0.2, -0.15) is 0 Å². The van der Waals surface area contributed by atoms with Crippen molar-refractivity contribution in [2.45, 2.75) is 10.2 Å². The number of carbonyl (C=O) groups excluding carboxylic acids is 3. The first-order valence-electron chi connectivity index (χ1n) is 11.2. The van der Waals surface area contributed by atoms with E-state index in [2.05, 4.69) is 21.2 Å². The lowest BCUT2D eigenvalue weighted by atomic mass is 9.55. The molecule has 3 aliphatic carbocycles. The molecule has 1 saturated heterocycles. The Kier molecular flexibility index (Phi) is 4.73. The first kappa shape index (κ1) is 21.7. The van der Waals surface area contributed by atoms with Gasteiger partial charge in [-0.05, 0) is 34.4 Å². The number of benzene rings is 3. The Hall–Kier alpha value is -3.78. The van der Waals surface area contributed by atoms with Gasteiger partial charge in [0.2, 0.25) is 17.7 Å². The SMILES string of the molecule is O=C(CN1C(=O)[C@@H]2[C@@H](C1=O)C1c3ccccc3C2(Br)c2ccccc21)Nc1ccccc1C(=O)O. The molecule has 7 nitrogen and oxygen atoms in total. The summed E-state index contributed by atoms with van der Waals surface area (Å²) in [6, 6.07) is 21.7. The molecule has 0 saturated carbocycles. The fourth-order valence-corrected chi connectivity index (χ4v) is 7.21. The van der Waals surface area contributed by atoms with Gasteiger partial charge in [0.1, 0.15) is 6.54 Å². The molecule has 7 rings (SSSR count).